The van der Waals surface area contributed by atoms with E-state index in [0.717, 1.165) is 15.9 Å². The molecule has 0 aliphatic rings. The second-order valence-corrected chi connectivity index (χ2v) is 10.8. The topological polar surface area (TPSA) is 86.8 Å². The zero-order chi connectivity index (χ0) is 27.2. The van der Waals surface area contributed by atoms with Gasteiger partial charge in [0.15, 0.2) is 0 Å². The van der Waals surface area contributed by atoms with E-state index in [9.17, 15) is 22.4 Å². The van der Waals surface area contributed by atoms with E-state index >= 15 is 0 Å². The van der Waals surface area contributed by atoms with Crippen LogP contribution in [0.5, 0.6) is 0 Å². The van der Waals surface area contributed by atoms with E-state index in [1.54, 1.807) is 50.2 Å². The quantitative estimate of drug-likeness (QED) is 0.405. The third-order valence-corrected chi connectivity index (χ3v) is 7.78. The molecule has 3 aromatic carbocycles. The molecular formula is C27H29ClFN3O4S. The summed E-state index contributed by atoms with van der Waals surface area (Å²) in [5.74, 6) is -1.89. The summed E-state index contributed by atoms with van der Waals surface area (Å²) in [6.45, 7) is 4.74. The number of carbonyl (C=O) groups is 2. The van der Waals surface area contributed by atoms with Crippen LogP contribution in [0.25, 0.3) is 0 Å². The van der Waals surface area contributed by atoms with Gasteiger partial charge in [-0.3, -0.25) is 13.9 Å². The van der Waals surface area contributed by atoms with Crippen LogP contribution in [0.1, 0.15) is 25.0 Å². The number of carbonyl (C=O) groups excluding carboxylic acids is 2. The second-order valence-electron chi connectivity index (χ2n) is 8.50. The Bertz CT molecular complexity index is 1370. The summed E-state index contributed by atoms with van der Waals surface area (Å²) in [4.78, 5) is 27.5. The van der Waals surface area contributed by atoms with Gasteiger partial charge < -0.3 is 10.2 Å². The van der Waals surface area contributed by atoms with Gasteiger partial charge in [0, 0.05) is 18.1 Å². The fourth-order valence-corrected chi connectivity index (χ4v) is 5.38. The Kier molecular flexibility index (Phi) is 9.29. The molecule has 0 saturated heterocycles. The number of nitrogens with zero attached hydrogens (tertiary/aromatic N) is 2. The number of benzene rings is 3. The Hall–Kier alpha value is -3.43. The number of para-hydroxylation sites is 1. The van der Waals surface area contributed by atoms with E-state index in [2.05, 4.69) is 5.32 Å². The fraction of sp³-hybridized carbons (Fsp3) is 0.259. The number of amides is 2. The van der Waals surface area contributed by atoms with Crippen molar-refractivity contribution in [2.75, 3.05) is 17.4 Å². The van der Waals surface area contributed by atoms with Gasteiger partial charge in [-0.2, -0.15) is 0 Å². The number of rotatable bonds is 10. The fourth-order valence-electron chi connectivity index (χ4n) is 3.74. The maximum absolute atomic E-state index is 14.9. The Balaban J connectivity index is 2.04. The van der Waals surface area contributed by atoms with Crippen molar-refractivity contribution in [3.63, 3.8) is 0 Å². The van der Waals surface area contributed by atoms with Crippen molar-refractivity contribution in [3.05, 3.63) is 94.8 Å². The van der Waals surface area contributed by atoms with Crippen LogP contribution in [-0.2, 0) is 26.2 Å². The largest absolute Gasteiger partial charge is 0.355 e. The molecule has 0 aliphatic heterocycles. The molecule has 0 aliphatic carbocycles. The van der Waals surface area contributed by atoms with Crippen molar-refractivity contribution in [3.8, 4) is 0 Å². The Morgan fingerprint density at radius 3 is 2.32 bits per heavy atom. The van der Waals surface area contributed by atoms with Crippen LogP contribution in [0.2, 0.25) is 5.02 Å². The molecule has 0 fully saturated rings. The SMILES string of the molecule is CCNC(=O)[C@@H](C)N(Cc1cccc(Cl)c1)C(=O)CN(c1ccccc1F)S(=O)(=O)c1ccc(C)cc1. The van der Waals surface area contributed by atoms with E-state index in [1.165, 1.54) is 35.2 Å². The molecule has 0 radical (unpaired) electrons. The minimum atomic E-state index is -4.33. The van der Waals surface area contributed by atoms with Crippen molar-refractivity contribution in [1.29, 1.82) is 0 Å². The molecule has 196 valence electrons. The van der Waals surface area contributed by atoms with E-state index < -0.39 is 40.2 Å². The summed E-state index contributed by atoms with van der Waals surface area (Å²) < 4.78 is 42.9. The molecule has 7 nitrogen and oxygen atoms in total. The van der Waals surface area contributed by atoms with Crippen LogP contribution >= 0.6 is 11.6 Å². The molecule has 0 bridgehead atoms. The molecule has 10 heteroatoms. The summed E-state index contributed by atoms with van der Waals surface area (Å²) in [5.41, 5.74) is 1.22. The van der Waals surface area contributed by atoms with Crippen molar-refractivity contribution in [2.24, 2.45) is 0 Å². The molecular weight excluding hydrogens is 517 g/mol. The highest BCUT2D eigenvalue weighted by atomic mass is 35.5. The van der Waals surface area contributed by atoms with Gasteiger partial charge in [-0.1, -0.05) is 53.6 Å². The van der Waals surface area contributed by atoms with Crippen molar-refractivity contribution < 1.29 is 22.4 Å². The molecule has 0 saturated carbocycles. The highest BCUT2D eigenvalue weighted by Crippen LogP contribution is 2.27. The smallest absolute Gasteiger partial charge is 0.264 e. The summed E-state index contributed by atoms with van der Waals surface area (Å²) in [6.07, 6.45) is 0. The molecule has 0 heterocycles. The van der Waals surface area contributed by atoms with Gasteiger partial charge in [-0.25, -0.2) is 12.8 Å². The maximum atomic E-state index is 14.9. The van der Waals surface area contributed by atoms with E-state index in [-0.39, 0.29) is 17.1 Å². The number of halogens is 2. The summed E-state index contributed by atoms with van der Waals surface area (Å²) in [5, 5.41) is 3.13. The number of anilines is 1. The van der Waals surface area contributed by atoms with E-state index in [1.807, 2.05) is 6.92 Å². The Labute approximate surface area is 221 Å². The van der Waals surface area contributed by atoms with Crippen molar-refractivity contribution in [1.82, 2.24) is 10.2 Å². The normalized spacial score (nSPS) is 12.0. The number of hydrogen-bond donors (Lipinski definition) is 1. The summed E-state index contributed by atoms with van der Waals surface area (Å²) >= 11 is 6.11. The first kappa shape index (κ1) is 28.1. The lowest BCUT2D eigenvalue weighted by molar-refractivity contribution is -0.139. The monoisotopic (exact) mass is 545 g/mol. The van der Waals surface area contributed by atoms with Crippen molar-refractivity contribution >= 4 is 39.1 Å². The number of likely N-dealkylation sites (N-methyl/N-ethyl adjacent to an activating group) is 1. The van der Waals surface area contributed by atoms with E-state index in [0.29, 0.717) is 17.1 Å². The molecule has 1 N–H and O–H groups in total. The Morgan fingerprint density at radius 2 is 1.70 bits per heavy atom. The zero-order valence-electron chi connectivity index (χ0n) is 20.8. The number of hydrogen-bond acceptors (Lipinski definition) is 4. The molecule has 3 aromatic rings. The number of aryl methyl sites for hydroxylation is 1. The maximum Gasteiger partial charge on any atom is 0.264 e. The molecule has 3 rings (SSSR count). The highest BCUT2D eigenvalue weighted by Gasteiger charge is 2.33. The lowest BCUT2D eigenvalue weighted by Gasteiger charge is -2.32. The van der Waals surface area contributed by atoms with Crippen LogP contribution < -0.4 is 9.62 Å². The van der Waals surface area contributed by atoms with Gasteiger partial charge in [-0.15, -0.1) is 0 Å². The van der Waals surface area contributed by atoms with Gasteiger partial charge in [0.2, 0.25) is 11.8 Å². The average Bonchev–Trinajstić information content (AvgIpc) is 2.86. The van der Waals surface area contributed by atoms with Crippen LogP contribution in [0.4, 0.5) is 10.1 Å². The first-order valence-corrected chi connectivity index (χ1v) is 13.5. The van der Waals surface area contributed by atoms with Gasteiger partial charge >= 0.3 is 0 Å². The molecule has 0 aromatic heterocycles. The molecule has 0 spiro atoms. The van der Waals surface area contributed by atoms with Crippen molar-refractivity contribution in [2.45, 2.75) is 38.3 Å². The first-order valence-electron chi connectivity index (χ1n) is 11.7. The zero-order valence-corrected chi connectivity index (χ0v) is 22.4. The second kappa shape index (κ2) is 12.2. The molecule has 37 heavy (non-hydrogen) atoms. The lowest BCUT2D eigenvalue weighted by Crippen LogP contribution is -2.51. The van der Waals surface area contributed by atoms with Gasteiger partial charge in [0.25, 0.3) is 10.0 Å². The number of nitrogens with one attached hydrogen (secondary N) is 1. The lowest BCUT2D eigenvalue weighted by atomic mass is 10.1. The predicted molar refractivity (Wildman–Crippen MR) is 142 cm³/mol. The highest BCUT2D eigenvalue weighted by molar-refractivity contribution is 7.92. The van der Waals surface area contributed by atoms with E-state index in [4.69, 9.17) is 11.6 Å². The van der Waals surface area contributed by atoms with Crippen LogP contribution in [0.3, 0.4) is 0 Å². The first-order chi connectivity index (χ1) is 17.5. The number of sulfonamides is 1. The average molecular weight is 546 g/mol. The van der Waals surface area contributed by atoms with Crippen LogP contribution in [0, 0.1) is 12.7 Å². The molecule has 2 amide bonds. The molecule has 1 atom stereocenters. The van der Waals surface area contributed by atoms with Gasteiger partial charge in [0.1, 0.15) is 18.4 Å². The molecule has 0 unspecified atom stereocenters. The Morgan fingerprint density at radius 1 is 1.03 bits per heavy atom. The summed E-state index contributed by atoms with van der Waals surface area (Å²) in [6, 6.07) is 17.3. The predicted octanol–water partition coefficient (Wildman–Crippen LogP) is 4.54. The standard InChI is InChI=1S/C27H29ClFN3O4S/c1-4-30-27(34)20(3)31(17-21-8-7-9-22(28)16-21)26(33)18-32(25-11-6-5-10-24(25)29)37(35,36)23-14-12-19(2)13-15-23/h5-16,20H,4,17-18H2,1-3H3,(H,30,34)/t20-/m1/s1. The third-order valence-electron chi connectivity index (χ3n) is 5.77. The van der Waals surface area contributed by atoms with Crippen LogP contribution in [0.15, 0.2) is 77.7 Å². The third kappa shape index (κ3) is 6.87. The van der Waals surface area contributed by atoms with Gasteiger partial charge in [-0.05, 0) is 62.7 Å². The minimum Gasteiger partial charge on any atom is -0.355 e. The van der Waals surface area contributed by atoms with Gasteiger partial charge in [0.05, 0.1) is 10.6 Å². The summed E-state index contributed by atoms with van der Waals surface area (Å²) in [7, 11) is -4.33. The van der Waals surface area contributed by atoms with Crippen LogP contribution in [-0.4, -0.2) is 44.3 Å². The minimum absolute atomic E-state index is 0.00656.